The first-order chi connectivity index (χ1) is 13.1. The van der Waals surface area contributed by atoms with E-state index in [0.29, 0.717) is 28.2 Å². The van der Waals surface area contributed by atoms with E-state index in [1.165, 1.54) is 0 Å². The number of aromatic nitrogens is 2. The zero-order valence-corrected chi connectivity index (χ0v) is 15.4. The van der Waals surface area contributed by atoms with Crippen molar-refractivity contribution in [3.8, 4) is 0 Å². The molecule has 3 N–H and O–H groups in total. The molecule has 1 aromatic heterocycles. The van der Waals surface area contributed by atoms with Gasteiger partial charge in [0, 0.05) is 21.2 Å². The highest BCUT2D eigenvalue weighted by Crippen LogP contribution is 2.48. The average Bonchev–Trinajstić information content (AvgIpc) is 2.93. The SMILES string of the molecule is O=C1C2=C(Nc3[nH]c(=O)[nH]c(=O)c3[C@H]2c2ccccc2Br)c2ccccc21. The number of anilines is 1. The van der Waals surface area contributed by atoms with Crippen molar-refractivity contribution in [2.45, 2.75) is 5.92 Å². The average molecular weight is 422 g/mol. The maximum atomic E-state index is 13.2. The molecular formula is C20H12BrN3O3. The lowest BCUT2D eigenvalue weighted by molar-refractivity contribution is 0.103. The highest BCUT2D eigenvalue weighted by atomic mass is 79.9. The van der Waals surface area contributed by atoms with Crippen LogP contribution in [0.2, 0.25) is 0 Å². The normalized spacial score (nSPS) is 17.2. The van der Waals surface area contributed by atoms with Crippen LogP contribution in [0.25, 0.3) is 5.70 Å². The first-order valence-corrected chi connectivity index (χ1v) is 9.12. The van der Waals surface area contributed by atoms with E-state index in [0.717, 1.165) is 15.6 Å². The predicted octanol–water partition coefficient (Wildman–Crippen LogP) is 2.99. The van der Waals surface area contributed by atoms with Crippen molar-refractivity contribution in [2.75, 3.05) is 5.32 Å². The van der Waals surface area contributed by atoms with Crippen LogP contribution in [-0.4, -0.2) is 15.8 Å². The number of carbonyl (C=O) groups is 1. The number of hydrogen-bond acceptors (Lipinski definition) is 4. The number of ketones is 1. The molecule has 0 spiro atoms. The first-order valence-electron chi connectivity index (χ1n) is 8.32. The molecule has 27 heavy (non-hydrogen) atoms. The molecule has 6 nitrogen and oxygen atoms in total. The van der Waals surface area contributed by atoms with Crippen LogP contribution < -0.4 is 16.6 Å². The number of fused-ring (bicyclic) bond motifs is 3. The van der Waals surface area contributed by atoms with Crippen molar-refractivity contribution in [1.82, 2.24) is 9.97 Å². The summed E-state index contributed by atoms with van der Waals surface area (Å²) >= 11 is 3.54. The fraction of sp³-hybridized carbons (Fsp3) is 0.0500. The fourth-order valence-electron chi connectivity index (χ4n) is 3.87. The second-order valence-electron chi connectivity index (χ2n) is 6.44. The van der Waals surface area contributed by atoms with E-state index in [2.05, 4.69) is 31.2 Å². The third-order valence-electron chi connectivity index (χ3n) is 4.98. The van der Waals surface area contributed by atoms with Crippen LogP contribution in [0.5, 0.6) is 0 Å². The van der Waals surface area contributed by atoms with Crippen molar-refractivity contribution in [3.05, 3.63) is 102 Å². The quantitative estimate of drug-likeness (QED) is 0.562. The molecule has 5 rings (SSSR count). The second-order valence-corrected chi connectivity index (χ2v) is 7.29. The van der Waals surface area contributed by atoms with Crippen molar-refractivity contribution in [1.29, 1.82) is 0 Å². The number of carbonyl (C=O) groups excluding carboxylic acids is 1. The fourth-order valence-corrected chi connectivity index (χ4v) is 4.39. The molecule has 0 amide bonds. The maximum Gasteiger partial charge on any atom is 0.327 e. The van der Waals surface area contributed by atoms with Gasteiger partial charge in [0.1, 0.15) is 5.82 Å². The lowest BCUT2D eigenvalue weighted by Gasteiger charge is -2.27. The molecule has 0 fully saturated rings. The van der Waals surface area contributed by atoms with Gasteiger partial charge in [-0.05, 0) is 11.6 Å². The van der Waals surface area contributed by atoms with Crippen LogP contribution in [0.4, 0.5) is 5.82 Å². The zero-order chi connectivity index (χ0) is 18.7. The van der Waals surface area contributed by atoms with Gasteiger partial charge in [0.25, 0.3) is 5.56 Å². The molecule has 1 aliphatic carbocycles. The van der Waals surface area contributed by atoms with Crippen LogP contribution in [0, 0.1) is 0 Å². The third-order valence-corrected chi connectivity index (χ3v) is 5.70. The Morgan fingerprint density at radius 2 is 1.56 bits per heavy atom. The Labute approximate surface area is 161 Å². The summed E-state index contributed by atoms with van der Waals surface area (Å²) in [6, 6.07) is 14.8. The Hall–Kier alpha value is -3.19. The maximum absolute atomic E-state index is 13.2. The molecule has 1 atom stereocenters. The molecular weight excluding hydrogens is 410 g/mol. The van der Waals surface area contributed by atoms with E-state index >= 15 is 0 Å². The summed E-state index contributed by atoms with van der Waals surface area (Å²) in [4.78, 5) is 42.7. The minimum Gasteiger partial charge on any atom is -0.340 e. The number of H-pyrrole nitrogens is 2. The lowest BCUT2D eigenvalue weighted by atomic mass is 9.82. The van der Waals surface area contributed by atoms with Gasteiger partial charge >= 0.3 is 5.69 Å². The molecule has 0 saturated heterocycles. The van der Waals surface area contributed by atoms with Crippen molar-refractivity contribution >= 4 is 33.2 Å². The number of hydrogen-bond donors (Lipinski definition) is 3. The Balaban J connectivity index is 1.88. The number of benzene rings is 2. The molecule has 2 aromatic carbocycles. The number of rotatable bonds is 1. The summed E-state index contributed by atoms with van der Waals surface area (Å²) in [5.74, 6) is -0.412. The van der Waals surface area contributed by atoms with E-state index < -0.39 is 17.2 Å². The molecule has 7 heteroatoms. The smallest absolute Gasteiger partial charge is 0.327 e. The van der Waals surface area contributed by atoms with Gasteiger partial charge in [0.05, 0.1) is 17.2 Å². The molecule has 2 heterocycles. The van der Waals surface area contributed by atoms with E-state index in [9.17, 15) is 14.4 Å². The summed E-state index contributed by atoms with van der Waals surface area (Å²) in [5.41, 5.74) is 2.47. The van der Waals surface area contributed by atoms with Crippen LogP contribution >= 0.6 is 15.9 Å². The standard InChI is InChI=1S/C20H12BrN3O3/c21-12-8-4-3-7-11(12)13-14-16(9-5-1-2-6-10(9)17(14)25)22-18-15(13)19(26)24-20(27)23-18/h1-8,13H,(H3,22,23,24,26,27)/t13-/m0/s1. The zero-order valence-electron chi connectivity index (χ0n) is 13.8. The predicted molar refractivity (Wildman–Crippen MR) is 105 cm³/mol. The van der Waals surface area contributed by atoms with E-state index in [1.807, 2.05) is 42.5 Å². The Kier molecular flexibility index (Phi) is 3.35. The topological polar surface area (TPSA) is 94.8 Å². The van der Waals surface area contributed by atoms with Gasteiger partial charge in [0.15, 0.2) is 5.78 Å². The summed E-state index contributed by atoms with van der Waals surface area (Å²) < 4.78 is 0.782. The number of halogens is 1. The van der Waals surface area contributed by atoms with E-state index in [4.69, 9.17) is 0 Å². The number of aromatic amines is 2. The largest absolute Gasteiger partial charge is 0.340 e. The first kappa shape index (κ1) is 16.0. The third kappa shape index (κ3) is 2.21. The molecule has 3 aromatic rings. The summed E-state index contributed by atoms with van der Waals surface area (Å²) in [7, 11) is 0. The highest BCUT2D eigenvalue weighted by molar-refractivity contribution is 9.10. The van der Waals surface area contributed by atoms with Crippen LogP contribution in [-0.2, 0) is 0 Å². The van der Waals surface area contributed by atoms with E-state index in [1.54, 1.807) is 6.07 Å². The van der Waals surface area contributed by atoms with Gasteiger partial charge in [0.2, 0.25) is 0 Å². The van der Waals surface area contributed by atoms with Crippen LogP contribution in [0.15, 0.2) is 68.2 Å². The lowest BCUT2D eigenvalue weighted by Crippen LogP contribution is -2.33. The van der Waals surface area contributed by atoms with Gasteiger partial charge in [-0.25, -0.2) is 4.79 Å². The molecule has 0 radical (unpaired) electrons. The monoisotopic (exact) mass is 421 g/mol. The van der Waals surface area contributed by atoms with Crippen molar-refractivity contribution in [3.63, 3.8) is 0 Å². The van der Waals surface area contributed by atoms with Crippen LogP contribution in [0.3, 0.4) is 0 Å². The van der Waals surface area contributed by atoms with Gasteiger partial charge in [-0.3, -0.25) is 19.6 Å². The van der Waals surface area contributed by atoms with Crippen LogP contribution in [0.1, 0.15) is 33.0 Å². The summed E-state index contributed by atoms with van der Waals surface area (Å²) in [6.07, 6.45) is 0. The van der Waals surface area contributed by atoms with Gasteiger partial charge < -0.3 is 5.32 Å². The Morgan fingerprint density at radius 1 is 0.852 bits per heavy atom. The van der Waals surface area contributed by atoms with E-state index in [-0.39, 0.29) is 5.78 Å². The number of Topliss-reactive ketones (excluding diaryl/α,β-unsaturated/α-hetero) is 1. The Bertz CT molecular complexity index is 1290. The minimum atomic E-state index is -0.604. The minimum absolute atomic E-state index is 0.120. The Morgan fingerprint density at radius 3 is 2.33 bits per heavy atom. The van der Waals surface area contributed by atoms with Gasteiger partial charge in [-0.15, -0.1) is 0 Å². The molecule has 0 saturated carbocycles. The summed E-state index contributed by atoms with van der Waals surface area (Å²) in [5, 5.41) is 3.11. The van der Waals surface area contributed by atoms with Crippen molar-refractivity contribution in [2.24, 2.45) is 0 Å². The number of nitrogens with one attached hydrogen (secondary N) is 3. The molecule has 132 valence electrons. The highest BCUT2D eigenvalue weighted by Gasteiger charge is 2.42. The molecule has 0 unspecified atom stereocenters. The summed E-state index contributed by atoms with van der Waals surface area (Å²) in [6.45, 7) is 0. The van der Waals surface area contributed by atoms with Gasteiger partial charge in [-0.2, -0.15) is 0 Å². The second kappa shape index (κ2) is 5.65. The number of allylic oxidation sites excluding steroid dienone is 1. The van der Waals surface area contributed by atoms with Gasteiger partial charge in [-0.1, -0.05) is 58.4 Å². The molecule has 1 aliphatic heterocycles. The molecule has 2 aliphatic rings. The van der Waals surface area contributed by atoms with Crippen molar-refractivity contribution < 1.29 is 4.79 Å². The molecule has 0 bridgehead atoms.